The topological polar surface area (TPSA) is 49.9 Å². The molecule has 1 atom stereocenters. The Morgan fingerprint density at radius 3 is 2.58 bits per heavy atom. The van der Waals surface area contributed by atoms with Crippen molar-refractivity contribution in [1.82, 2.24) is 4.90 Å². The first-order valence-electron chi connectivity index (χ1n) is 8.82. The van der Waals surface area contributed by atoms with Crippen molar-refractivity contribution in [3.63, 3.8) is 0 Å². The normalized spacial score (nSPS) is 16.4. The van der Waals surface area contributed by atoms with Crippen molar-refractivity contribution in [2.24, 2.45) is 5.92 Å². The summed E-state index contributed by atoms with van der Waals surface area (Å²) in [6.07, 6.45) is 1.06. The van der Waals surface area contributed by atoms with E-state index >= 15 is 0 Å². The number of benzene rings is 2. The van der Waals surface area contributed by atoms with Crippen LogP contribution < -0.4 is 4.90 Å². The highest BCUT2D eigenvalue weighted by Gasteiger charge is 2.25. The van der Waals surface area contributed by atoms with Crippen LogP contribution in [0.5, 0.6) is 0 Å². The third-order valence-electron chi connectivity index (χ3n) is 4.82. The van der Waals surface area contributed by atoms with E-state index in [4.69, 9.17) is 4.74 Å². The summed E-state index contributed by atoms with van der Waals surface area (Å²) in [5, 5.41) is 0. The smallest absolute Gasteiger partial charge is 0.337 e. The molecule has 1 fully saturated rings. The Labute approximate surface area is 154 Å². The predicted molar refractivity (Wildman–Crippen MR) is 102 cm³/mol. The Kier molecular flexibility index (Phi) is 5.56. The standard InChI is InChI=1S/C21H24N2O3/c1-22(20(24)17-7-6-8-18(13-17)21(25)26-2)14-16-11-12-23(15-16)19-9-4-3-5-10-19/h3-10,13,16H,11-12,14-15H2,1-2H3. The van der Waals surface area contributed by atoms with E-state index in [1.54, 1.807) is 29.2 Å². The van der Waals surface area contributed by atoms with Crippen molar-refractivity contribution in [2.75, 3.05) is 38.7 Å². The van der Waals surface area contributed by atoms with E-state index in [0.29, 0.717) is 23.6 Å². The quantitative estimate of drug-likeness (QED) is 0.776. The summed E-state index contributed by atoms with van der Waals surface area (Å²) in [7, 11) is 3.15. The van der Waals surface area contributed by atoms with Gasteiger partial charge in [-0.05, 0) is 42.7 Å². The number of amides is 1. The number of rotatable bonds is 5. The number of carbonyl (C=O) groups is 2. The minimum absolute atomic E-state index is 0.0751. The molecular weight excluding hydrogens is 328 g/mol. The van der Waals surface area contributed by atoms with E-state index in [-0.39, 0.29) is 5.91 Å². The van der Waals surface area contributed by atoms with Crippen LogP contribution in [0.2, 0.25) is 0 Å². The molecule has 136 valence electrons. The van der Waals surface area contributed by atoms with Crippen molar-refractivity contribution < 1.29 is 14.3 Å². The summed E-state index contributed by atoms with van der Waals surface area (Å²) in [6, 6.07) is 17.0. The van der Waals surface area contributed by atoms with Gasteiger partial charge >= 0.3 is 5.97 Å². The molecule has 5 heteroatoms. The number of esters is 1. The second-order valence-corrected chi connectivity index (χ2v) is 6.69. The van der Waals surface area contributed by atoms with E-state index < -0.39 is 5.97 Å². The number of methoxy groups -OCH3 is 1. The lowest BCUT2D eigenvalue weighted by Crippen LogP contribution is -2.33. The number of hydrogen-bond acceptors (Lipinski definition) is 4. The van der Waals surface area contributed by atoms with Gasteiger partial charge in [-0.2, -0.15) is 0 Å². The van der Waals surface area contributed by atoms with Gasteiger partial charge in [0.2, 0.25) is 0 Å². The van der Waals surface area contributed by atoms with Gasteiger partial charge in [-0.3, -0.25) is 4.79 Å². The Morgan fingerprint density at radius 2 is 1.85 bits per heavy atom. The zero-order valence-corrected chi connectivity index (χ0v) is 15.2. The van der Waals surface area contributed by atoms with E-state index in [9.17, 15) is 9.59 Å². The Morgan fingerprint density at radius 1 is 1.12 bits per heavy atom. The highest BCUT2D eigenvalue weighted by atomic mass is 16.5. The molecule has 0 N–H and O–H groups in total. The molecule has 1 aliphatic rings. The summed E-state index contributed by atoms with van der Waals surface area (Å²) >= 11 is 0. The van der Waals surface area contributed by atoms with E-state index in [0.717, 1.165) is 19.5 Å². The lowest BCUT2D eigenvalue weighted by molar-refractivity contribution is 0.0600. The monoisotopic (exact) mass is 352 g/mol. The molecule has 26 heavy (non-hydrogen) atoms. The number of anilines is 1. The molecular formula is C21H24N2O3. The molecule has 1 unspecified atom stereocenters. The summed E-state index contributed by atoms with van der Waals surface area (Å²) in [5.74, 6) is -0.0709. The second kappa shape index (κ2) is 8.04. The van der Waals surface area contributed by atoms with Crippen molar-refractivity contribution >= 4 is 17.6 Å². The maximum Gasteiger partial charge on any atom is 0.337 e. The van der Waals surface area contributed by atoms with Gasteiger partial charge in [0.25, 0.3) is 5.91 Å². The van der Waals surface area contributed by atoms with Crippen LogP contribution in [0.25, 0.3) is 0 Å². The number of carbonyl (C=O) groups excluding carboxylic acids is 2. The average Bonchev–Trinajstić information content (AvgIpc) is 3.16. The van der Waals surface area contributed by atoms with E-state index in [1.165, 1.54) is 12.8 Å². The third kappa shape index (κ3) is 4.04. The molecule has 0 saturated carbocycles. The first-order chi connectivity index (χ1) is 12.6. The highest BCUT2D eigenvalue weighted by Crippen LogP contribution is 2.24. The Bertz CT molecular complexity index is 776. The number of ether oxygens (including phenoxy) is 1. The van der Waals surface area contributed by atoms with Crippen molar-refractivity contribution in [3.8, 4) is 0 Å². The fraction of sp³-hybridized carbons (Fsp3) is 0.333. The molecule has 0 spiro atoms. The van der Waals surface area contributed by atoms with E-state index in [1.807, 2.05) is 25.2 Å². The molecule has 0 bridgehead atoms. The highest BCUT2D eigenvalue weighted by molar-refractivity contribution is 5.97. The van der Waals surface area contributed by atoms with Crippen LogP contribution in [-0.4, -0.2) is 50.6 Å². The van der Waals surface area contributed by atoms with Crippen molar-refractivity contribution in [3.05, 3.63) is 65.7 Å². The molecule has 1 aliphatic heterocycles. The fourth-order valence-corrected chi connectivity index (χ4v) is 3.44. The molecule has 0 aromatic heterocycles. The second-order valence-electron chi connectivity index (χ2n) is 6.69. The molecule has 1 saturated heterocycles. The summed E-state index contributed by atoms with van der Waals surface area (Å²) in [5.41, 5.74) is 2.13. The van der Waals surface area contributed by atoms with Gasteiger partial charge in [0, 0.05) is 37.9 Å². The molecule has 2 aromatic rings. The lowest BCUT2D eigenvalue weighted by atomic mass is 10.1. The van der Waals surface area contributed by atoms with Crippen LogP contribution >= 0.6 is 0 Å². The summed E-state index contributed by atoms with van der Waals surface area (Å²) in [4.78, 5) is 28.5. The Balaban J connectivity index is 1.61. The molecule has 0 aliphatic carbocycles. The summed E-state index contributed by atoms with van der Waals surface area (Å²) in [6.45, 7) is 2.66. The third-order valence-corrected chi connectivity index (χ3v) is 4.82. The number of para-hydroxylation sites is 1. The molecule has 0 radical (unpaired) electrons. The van der Waals surface area contributed by atoms with Gasteiger partial charge in [-0.25, -0.2) is 4.79 Å². The van der Waals surface area contributed by atoms with Gasteiger partial charge in [-0.1, -0.05) is 24.3 Å². The number of nitrogens with zero attached hydrogens (tertiary/aromatic N) is 2. The van der Waals surface area contributed by atoms with Crippen LogP contribution in [0, 0.1) is 5.92 Å². The van der Waals surface area contributed by atoms with Crippen molar-refractivity contribution in [2.45, 2.75) is 6.42 Å². The zero-order valence-electron chi connectivity index (χ0n) is 15.2. The molecule has 2 aromatic carbocycles. The van der Waals surface area contributed by atoms with Crippen LogP contribution in [-0.2, 0) is 4.74 Å². The fourth-order valence-electron chi connectivity index (χ4n) is 3.44. The minimum Gasteiger partial charge on any atom is -0.465 e. The zero-order chi connectivity index (χ0) is 18.5. The lowest BCUT2D eigenvalue weighted by Gasteiger charge is -2.23. The maximum atomic E-state index is 12.7. The SMILES string of the molecule is COC(=O)c1cccc(C(=O)N(C)CC2CCN(c3ccccc3)C2)c1. The first kappa shape index (κ1) is 18.0. The maximum absolute atomic E-state index is 12.7. The van der Waals surface area contributed by atoms with Crippen LogP contribution in [0.1, 0.15) is 27.1 Å². The molecule has 3 rings (SSSR count). The van der Waals surface area contributed by atoms with Crippen LogP contribution in [0.3, 0.4) is 0 Å². The first-order valence-corrected chi connectivity index (χ1v) is 8.82. The molecule has 1 heterocycles. The van der Waals surface area contributed by atoms with Gasteiger partial charge in [0.05, 0.1) is 12.7 Å². The van der Waals surface area contributed by atoms with Crippen LogP contribution in [0.15, 0.2) is 54.6 Å². The van der Waals surface area contributed by atoms with E-state index in [2.05, 4.69) is 17.0 Å². The minimum atomic E-state index is -0.434. The average molecular weight is 352 g/mol. The molecule has 1 amide bonds. The van der Waals surface area contributed by atoms with Gasteiger partial charge in [0.15, 0.2) is 0 Å². The van der Waals surface area contributed by atoms with Gasteiger partial charge in [-0.15, -0.1) is 0 Å². The van der Waals surface area contributed by atoms with Gasteiger partial charge < -0.3 is 14.5 Å². The Hall–Kier alpha value is -2.82. The van der Waals surface area contributed by atoms with Crippen LogP contribution in [0.4, 0.5) is 5.69 Å². The number of hydrogen-bond donors (Lipinski definition) is 0. The molecule has 5 nitrogen and oxygen atoms in total. The predicted octanol–water partition coefficient (Wildman–Crippen LogP) is 3.07. The van der Waals surface area contributed by atoms with Gasteiger partial charge in [0.1, 0.15) is 0 Å². The summed E-state index contributed by atoms with van der Waals surface area (Å²) < 4.78 is 4.72. The van der Waals surface area contributed by atoms with Crippen molar-refractivity contribution in [1.29, 1.82) is 0 Å². The largest absolute Gasteiger partial charge is 0.465 e.